The topological polar surface area (TPSA) is 46.3 Å². The van der Waals surface area contributed by atoms with Crippen LogP contribution in [0.2, 0.25) is 0 Å². The van der Waals surface area contributed by atoms with Gasteiger partial charge in [0, 0.05) is 6.04 Å². The van der Waals surface area contributed by atoms with Crippen molar-refractivity contribution in [2.45, 2.75) is 39.3 Å². The molecule has 0 aromatic heterocycles. The summed E-state index contributed by atoms with van der Waals surface area (Å²) in [5.74, 6) is -0.284. The van der Waals surface area contributed by atoms with Crippen molar-refractivity contribution >= 4 is 5.91 Å². The molecule has 0 saturated heterocycles. The lowest BCUT2D eigenvalue weighted by atomic mass is 10.0. The number of carbonyl (C=O) groups excluding carboxylic acids is 1. The Kier molecular flexibility index (Phi) is 3.05. The summed E-state index contributed by atoms with van der Waals surface area (Å²) in [7, 11) is 1.90. The third-order valence-electron chi connectivity index (χ3n) is 2.26. The van der Waals surface area contributed by atoms with Crippen LogP contribution in [-0.2, 0) is 4.79 Å². The Labute approximate surface area is 68.6 Å². The molecule has 0 saturated carbocycles. The van der Waals surface area contributed by atoms with Gasteiger partial charge in [-0.05, 0) is 34.7 Å². The molecule has 0 aromatic rings. The molecule has 0 radical (unpaired) electrons. The zero-order chi connectivity index (χ0) is 9.23. The first-order valence-electron chi connectivity index (χ1n) is 3.83. The molecule has 2 N–H and O–H groups in total. The van der Waals surface area contributed by atoms with Crippen LogP contribution in [0.4, 0.5) is 0 Å². The minimum atomic E-state index is -0.547. The third-order valence-corrected chi connectivity index (χ3v) is 2.26. The summed E-state index contributed by atoms with van der Waals surface area (Å²) in [6, 6.07) is 0.331. The average Bonchev–Trinajstić information content (AvgIpc) is 1.85. The van der Waals surface area contributed by atoms with E-state index in [-0.39, 0.29) is 5.91 Å². The fourth-order valence-electron chi connectivity index (χ4n) is 0.819. The predicted octanol–water partition coefficient (Wildman–Crippen LogP) is 0.591. The lowest BCUT2D eigenvalue weighted by Crippen LogP contribution is -2.53. The maximum Gasteiger partial charge on any atom is 0.237 e. The summed E-state index contributed by atoms with van der Waals surface area (Å²) >= 11 is 0. The molecule has 0 heterocycles. The van der Waals surface area contributed by atoms with Crippen LogP contribution >= 0.6 is 0 Å². The van der Waals surface area contributed by atoms with E-state index in [2.05, 4.69) is 0 Å². The molecule has 0 bridgehead atoms. The van der Waals surface area contributed by atoms with Gasteiger partial charge >= 0.3 is 0 Å². The monoisotopic (exact) mass is 158 g/mol. The molecule has 0 spiro atoms. The molecule has 3 nitrogen and oxygen atoms in total. The number of nitrogens with zero attached hydrogens (tertiary/aromatic N) is 1. The van der Waals surface area contributed by atoms with Crippen LogP contribution in [0.15, 0.2) is 0 Å². The van der Waals surface area contributed by atoms with E-state index >= 15 is 0 Å². The largest absolute Gasteiger partial charge is 0.368 e. The van der Waals surface area contributed by atoms with Crippen molar-refractivity contribution in [3.63, 3.8) is 0 Å². The van der Waals surface area contributed by atoms with Gasteiger partial charge in [0.1, 0.15) is 0 Å². The zero-order valence-electron chi connectivity index (χ0n) is 8.01. The van der Waals surface area contributed by atoms with Gasteiger partial charge in [-0.25, -0.2) is 0 Å². The smallest absolute Gasteiger partial charge is 0.237 e. The second kappa shape index (κ2) is 3.22. The molecule has 66 valence electrons. The minimum Gasteiger partial charge on any atom is -0.368 e. The SMILES string of the molecule is CC(C)N(C)C(C)(C)C(N)=O. The number of carbonyl (C=O) groups is 1. The fourth-order valence-corrected chi connectivity index (χ4v) is 0.819. The molecule has 0 aliphatic rings. The van der Waals surface area contributed by atoms with E-state index < -0.39 is 5.54 Å². The zero-order valence-corrected chi connectivity index (χ0v) is 8.01. The van der Waals surface area contributed by atoms with Crippen molar-refractivity contribution in [3.8, 4) is 0 Å². The summed E-state index contributed by atoms with van der Waals surface area (Å²) in [4.78, 5) is 12.9. The molecule has 3 heteroatoms. The standard InChI is InChI=1S/C8H18N2O/c1-6(2)10(5)8(3,4)7(9)11/h6H,1-5H3,(H2,9,11). The lowest BCUT2D eigenvalue weighted by Gasteiger charge is -2.35. The van der Waals surface area contributed by atoms with Crippen LogP contribution in [0, 0.1) is 0 Å². The molecular formula is C8H18N2O. The van der Waals surface area contributed by atoms with Gasteiger partial charge in [-0.15, -0.1) is 0 Å². The maximum absolute atomic E-state index is 10.9. The number of rotatable bonds is 3. The second-order valence-electron chi connectivity index (χ2n) is 3.63. The first-order chi connectivity index (χ1) is 4.80. The normalized spacial score (nSPS) is 12.6. The molecule has 0 rings (SSSR count). The summed E-state index contributed by atoms with van der Waals surface area (Å²) in [5, 5.41) is 0. The van der Waals surface area contributed by atoms with E-state index in [1.807, 2.05) is 39.6 Å². The molecule has 0 fully saturated rings. The van der Waals surface area contributed by atoms with Crippen molar-refractivity contribution < 1.29 is 4.79 Å². The molecule has 0 aromatic carbocycles. The van der Waals surface area contributed by atoms with E-state index in [1.165, 1.54) is 0 Å². The van der Waals surface area contributed by atoms with Gasteiger partial charge < -0.3 is 5.73 Å². The van der Waals surface area contributed by atoms with Crippen LogP contribution < -0.4 is 5.73 Å². The van der Waals surface area contributed by atoms with E-state index in [4.69, 9.17) is 5.73 Å². The van der Waals surface area contributed by atoms with E-state index in [0.29, 0.717) is 6.04 Å². The van der Waals surface area contributed by atoms with Crippen LogP contribution in [-0.4, -0.2) is 29.4 Å². The van der Waals surface area contributed by atoms with E-state index in [9.17, 15) is 4.79 Å². The fraction of sp³-hybridized carbons (Fsp3) is 0.875. The van der Waals surface area contributed by atoms with E-state index in [1.54, 1.807) is 0 Å². The Balaban J connectivity index is 4.42. The molecule has 11 heavy (non-hydrogen) atoms. The van der Waals surface area contributed by atoms with Crippen LogP contribution in [0.1, 0.15) is 27.7 Å². The second-order valence-corrected chi connectivity index (χ2v) is 3.63. The van der Waals surface area contributed by atoms with Crippen molar-refractivity contribution in [2.24, 2.45) is 5.73 Å². The highest BCUT2D eigenvalue weighted by Crippen LogP contribution is 2.13. The van der Waals surface area contributed by atoms with Crippen molar-refractivity contribution in [3.05, 3.63) is 0 Å². The highest BCUT2D eigenvalue weighted by atomic mass is 16.1. The van der Waals surface area contributed by atoms with Crippen LogP contribution in [0.5, 0.6) is 0 Å². The average molecular weight is 158 g/mol. The number of primary amides is 1. The quantitative estimate of drug-likeness (QED) is 0.653. The van der Waals surface area contributed by atoms with Crippen LogP contribution in [0.3, 0.4) is 0 Å². The highest BCUT2D eigenvalue weighted by Gasteiger charge is 2.31. The number of likely N-dealkylation sites (N-methyl/N-ethyl adjacent to an activating group) is 1. The molecule has 0 unspecified atom stereocenters. The van der Waals surface area contributed by atoms with Crippen molar-refractivity contribution in [1.29, 1.82) is 0 Å². The molecular weight excluding hydrogens is 140 g/mol. The number of hydrogen-bond acceptors (Lipinski definition) is 2. The number of amides is 1. The van der Waals surface area contributed by atoms with Gasteiger partial charge in [0.15, 0.2) is 0 Å². The first kappa shape index (κ1) is 10.4. The van der Waals surface area contributed by atoms with Gasteiger partial charge in [-0.3, -0.25) is 9.69 Å². The van der Waals surface area contributed by atoms with Gasteiger partial charge in [0.25, 0.3) is 0 Å². The summed E-state index contributed by atoms with van der Waals surface area (Å²) in [6.45, 7) is 7.72. The van der Waals surface area contributed by atoms with Crippen molar-refractivity contribution in [2.75, 3.05) is 7.05 Å². The summed E-state index contributed by atoms with van der Waals surface area (Å²) in [5.41, 5.74) is 4.68. The summed E-state index contributed by atoms with van der Waals surface area (Å²) in [6.07, 6.45) is 0. The Morgan fingerprint density at radius 3 is 1.91 bits per heavy atom. The summed E-state index contributed by atoms with van der Waals surface area (Å²) < 4.78 is 0. The van der Waals surface area contributed by atoms with Crippen LogP contribution in [0.25, 0.3) is 0 Å². The van der Waals surface area contributed by atoms with Gasteiger partial charge in [-0.1, -0.05) is 0 Å². The molecule has 0 aliphatic heterocycles. The Bertz CT molecular complexity index is 152. The van der Waals surface area contributed by atoms with E-state index in [0.717, 1.165) is 0 Å². The Hall–Kier alpha value is -0.570. The number of hydrogen-bond donors (Lipinski definition) is 1. The third kappa shape index (κ3) is 2.19. The molecule has 0 aliphatic carbocycles. The van der Waals surface area contributed by atoms with Gasteiger partial charge in [0.2, 0.25) is 5.91 Å². The van der Waals surface area contributed by atoms with Gasteiger partial charge in [0.05, 0.1) is 5.54 Å². The van der Waals surface area contributed by atoms with Crippen molar-refractivity contribution in [1.82, 2.24) is 4.90 Å². The highest BCUT2D eigenvalue weighted by molar-refractivity contribution is 5.83. The minimum absolute atomic E-state index is 0.284. The molecule has 0 atom stereocenters. The first-order valence-corrected chi connectivity index (χ1v) is 3.83. The maximum atomic E-state index is 10.9. The Morgan fingerprint density at radius 2 is 1.82 bits per heavy atom. The predicted molar refractivity (Wildman–Crippen MR) is 46.2 cm³/mol. The lowest BCUT2D eigenvalue weighted by molar-refractivity contribution is -0.128. The number of nitrogens with two attached hydrogens (primary N) is 1. The molecule has 1 amide bonds. The Morgan fingerprint density at radius 1 is 1.45 bits per heavy atom. The van der Waals surface area contributed by atoms with Gasteiger partial charge in [-0.2, -0.15) is 0 Å².